The van der Waals surface area contributed by atoms with Crippen molar-refractivity contribution < 1.29 is 5.11 Å². The largest absolute Gasteiger partial charge is 0.392 e. The Hall–Kier alpha value is -0.890. The summed E-state index contributed by atoms with van der Waals surface area (Å²) in [5.41, 5.74) is 5.32. The Morgan fingerprint density at radius 1 is 1.00 bits per heavy atom. The molecule has 1 heterocycles. The van der Waals surface area contributed by atoms with Gasteiger partial charge in [-0.2, -0.15) is 0 Å². The Bertz CT molecular complexity index is 305. The summed E-state index contributed by atoms with van der Waals surface area (Å²) >= 11 is 0. The third-order valence-corrected chi connectivity index (χ3v) is 2.49. The average molecular weight is 165 g/mol. The summed E-state index contributed by atoms with van der Waals surface area (Å²) in [6.07, 6.45) is 0. The highest BCUT2D eigenvalue weighted by Gasteiger charge is 2.07. The fourth-order valence-electron chi connectivity index (χ4n) is 1.40. The SMILES string of the molecule is Cc1nc(C)c(CO)c(C)c1C. The first-order valence-electron chi connectivity index (χ1n) is 4.12. The highest BCUT2D eigenvalue weighted by atomic mass is 16.3. The summed E-state index contributed by atoms with van der Waals surface area (Å²) in [6.45, 7) is 8.09. The third kappa shape index (κ3) is 1.34. The molecule has 0 atom stereocenters. The second-order valence-corrected chi connectivity index (χ2v) is 3.17. The summed E-state index contributed by atoms with van der Waals surface area (Å²) in [5, 5.41) is 9.07. The van der Waals surface area contributed by atoms with Crippen LogP contribution in [-0.2, 0) is 6.61 Å². The minimum absolute atomic E-state index is 0.0891. The van der Waals surface area contributed by atoms with Crippen LogP contribution >= 0.6 is 0 Å². The van der Waals surface area contributed by atoms with Crippen LogP contribution in [0.5, 0.6) is 0 Å². The van der Waals surface area contributed by atoms with Gasteiger partial charge in [0, 0.05) is 17.0 Å². The van der Waals surface area contributed by atoms with Crippen LogP contribution in [0.25, 0.3) is 0 Å². The second-order valence-electron chi connectivity index (χ2n) is 3.17. The van der Waals surface area contributed by atoms with Crippen LogP contribution in [0.3, 0.4) is 0 Å². The van der Waals surface area contributed by atoms with Gasteiger partial charge in [-0.25, -0.2) is 0 Å². The highest BCUT2D eigenvalue weighted by molar-refractivity contribution is 5.37. The molecule has 2 heteroatoms. The molecule has 0 saturated carbocycles. The van der Waals surface area contributed by atoms with Gasteiger partial charge in [-0.05, 0) is 38.8 Å². The Morgan fingerprint density at radius 2 is 1.58 bits per heavy atom. The minimum Gasteiger partial charge on any atom is -0.392 e. The zero-order valence-electron chi connectivity index (χ0n) is 8.10. The molecule has 12 heavy (non-hydrogen) atoms. The predicted molar refractivity (Wildman–Crippen MR) is 49.1 cm³/mol. The molecule has 0 bridgehead atoms. The van der Waals surface area contributed by atoms with Crippen LogP contribution in [0.1, 0.15) is 28.1 Å². The number of aliphatic hydroxyl groups excluding tert-OH is 1. The van der Waals surface area contributed by atoms with Gasteiger partial charge in [0.25, 0.3) is 0 Å². The van der Waals surface area contributed by atoms with E-state index in [-0.39, 0.29) is 6.61 Å². The lowest BCUT2D eigenvalue weighted by molar-refractivity contribution is 0.279. The molecule has 1 rings (SSSR count). The third-order valence-electron chi connectivity index (χ3n) is 2.49. The maximum absolute atomic E-state index is 9.07. The maximum Gasteiger partial charge on any atom is 0.0702 e. The van der Waals surface area contributed by atoms with E-state index in [1.807, 2.05) is 27.7 Å². The molecule has 0 aliphatic rings. The molecule has 0 aromatic carbocycles. The van der Waals surface area contributed by atoms with Crippen molar-refractivity contribution in [3.8, 4) is 0 Å². The van der Waals surface area contributed by atoms with Crippen molar-refractivity contribution in [2.45, 2.75) is 34.3 Å². The van der Waals surface area contributed by atoms with E-state index in [0.717, 1.165) is 17.0 Å². The monoisotopic (exact) mass is 165 g/mol. The number of aryl methyl sites for hydroxylation is 2. The van der Waals surface area contributed by atoms with Crippen molar-refractivity contribution >= 4 is 0 Å². The molecular formula is C10H15NO. The summed E-state index contributed by atoms with van der Waals surface area (Å²) < 4.78 is 0. The number of hydrogen-bond donors (Lipinski definition) is 1. The first-order valence-corrected chi connectivity index (χ1v) is 4.12. The van der Waals surface area contributed by atoms with Gasteiger partial charge in [-0.1, -0.05) is 0 Å². The fraction of sp³-hybridized carbons (Fsp3) is 0.500. The van der Waals surface area contributed by atoms with E-state index in [0.29, 0.717) is 0 Å². The lowest BCUT2D eigenvalue weighted by Gasteiger charge is -2.11. The molecule has 1 N–H and O–H groups in total. The quantitative estimate of drug-likeness (QED) is 0.688. The molecule has 0 aliphatic carbocycles. The topological polar surface area (TPSA) is 33.1 Å². The van der Waals surface area contributed by atoms with E-state index in [9.17, 15) is 0 Å². The predicted octanol–water partition coefficient (Wildman–Crippen LogP) is 1.81. The van der Waals surface area contributed by atoms with E-state index in [4.69, 9.17) is 5.11 Å². The van der Waals surface area contributed by atoms with Crippen LogP contribution in [0, 0.1) is 27.7 Å². The summed E-state index contributed by atoms with van der Waals surface area (Å²) in [6, 6.07) is 0. The molecule has 0 spiro atoms. The Kier molecular flexibility index (Phi) is 2.48. The number of pyridine rings is 1. The van der Waals surface area contributed by atoms with Gasteiger partial charge in [0.15, 0.2) is 0 Å². The van der Waals surface area contributed by atoms with Crippen molar-refractivity contribution in [3.05, 3.63) is 28.1 Å². The number of hydrogen-bond acceptors (Lipinski definition) is 2. The lowest BCUT2D eigenvalue weighted by atomic mass is 10.0. The van der Waals surface area contributed by atoms with E-state index in [2.05, 4.69) is 4.98 Å². The molecule has 0 saturated heterocycles. The van der Waals surface area contributed by atoms with Gasteiger partial charge in [0.1, 0.15) is 0 Å². The molecule has 1 aromatic heterocycles. The van der Waals surface area contributed by atoms with E-state index in [1.165, 1.54) is 11.1 Å². The molecule has 0 aliphatic heterocycles. The smallest absolute Gasteiger partial charge is 0.0702 e. The Labute approximate surface area is 73.3 Å². The normalized spacial score (nSPS) is 10.4. The van der Waals surface area contributed by atoms with Crippen molar-refractivity contribution in [2.24, 2.45) is 0 Å². The van der Waals surface area contributed by atoms with Crippen LogP contribution in [0.15, 0.2) is 0 Å². The highest BCUT2D eigenvalue weighted by Crippen LogP contribution is 2.17. The summed E-state index contributed by atoms with van der Waals surface area (Å²) in [4.78, 5) is 4.34. The molecule has 1 aromatic rings. The van der Waals surface area contributed by atoms with Gasteiger partial charge in [-0.15, -0.1) is 0 Å². The number of nitrogens with zero attached hydrogens (tertiary/aromatic N) is 1. The van der Waals surface area contributed by atoms with E-state index >= 15 is 0 Å². The molecule has 0 amide bonds. The zero-order valence-corrected chi connectivity index (χ0v) is 8.10. The van der Waals surface area contributed by atoms with Crippen molar-refractivity contribution in [1.82, 2.24) is 4.98 Å². The standard InChI is InChI=1S/C10H15NO/c1-6-7(2)10(5-12)9(4)11-8(6)3/h12H,5H2,1-4H3. The Balaban J connectivity index is 3.40. The van der Waals surface area contributed by atoms with Gasteiger partial charge in [-0.3, -0.25) is 4.98 Å². The molecular weight excluding hydrogens is 150 g/mol. The first kappa shape index (κ1) is 9.20. The zero-order chi connectivity index (χ0) is 9.30. The van der Waals surface area contributed by atoms with Crippen molar-refractivity contribution in [3.63, 3.8) is 0 Å². The molecule has 66 valence electrons. The molecule has 0 radical (unpaired) electrons. The van der Waals surface area contributed by atoms with Gasteiger partial charge < -0.3 is 5.11 Å². The molecule has 0 fully saturated rings. The van der Waals surface area contributed by atoms with Crippen LogP contribution < -0.4 is 0 Å². The summed E-state index contributed by atoms with van der Waals surface area (Å²) in [5.74, 6) is 0. The van der Waals surface area contributed by atoms with Crippen LogP contribution in [0.4, 0.5) is 0 Å². The minimum atomic E-state index is 0.0891. The van der Waals surface area contributed by atoms with E-state index in [1.54, 1.807) is 0 Å². The number of aliphatic hydroxyl groups is 1. The van der Waals surface area contributed by atoms with Gasteiger partial charge >= 0.3 is 0 Å². The number of aromatic nitrogens is 1. The molecule has 2 nitrogen and oxygen atoms in total. The number of rotatable bonds is 1. The molecule has 0 unspecified atom stereocenters. The van der Waals surface area contributed by atoms with Crippen molar-refractivity contribution in [1.29, 1.82) is 0 Å². The Morgan fingerprint density at radius 3 is 2.08 bits per heavy atom. The lowest BCUT2D eigenvalue weighted by Crippen LogP contribution is -2.02. The maximum atomic E-state index is 9.07. The van der Waals surface area contributed by atoms with Crippen LogP contribution in [-0.4, -0.2) is 10.1 Å². The fourth-order valence-corrected chi connectivity index (χ4v) is 1.40. The second kappa shape index (κ2) is 3.23. The van der Waals surface area contributed by atoms with Crippen molar-refractivity contribution in [2.75, 3.05) is 0 Å². The van der Waals surface area contributed by atoms with E-state index < -0.39 is 0 Å². The first-order chi connectivity index (χ1) is 5.57. The van der Waals surface area contributed by atoms with Gasteiger partial charge in [0.2, 0.25) is 0 Å². The van der Waals surface area contributed by atoms with Crippen LogP contribution in [0.2, 0.25) is 0 Å². The summed E-state index contributed by atoms with van der Waals surface area (Å²) in [7, 11) is 0. The van der Waals surface area contributed by atoms with Gasteiger partial charge in [0.05, 0.1) is 6.61 Å². The average Bonchev–Trinajstić information content (AvgIpc) is 2.01.